The SMILES string of the molecule is COc1ccc(-c2noc(CCC(=O)NCC3(C)CCNCC3)n2)cc1.Cl. The monoisotopic (exact) mass is 394 g/mol. The molecular formula is C19H27ClN4O3. The zero-order chi connectivity index (χ0) is 18.4. The lowest BCUT2D eigenvalue weighted by Gasteiger charge is -2.34. The lowest BCUT2D eigenvalue weighted by atomic mass is 9.81. The van der Waals surface area contributed by atoms with Crippen molar-refractivity contribution in [2.24, 2.45) is 5.41 Å². The van der Waals surface area contributed by atoms with Crippen LogP contribution in [0, 0.1) is 5.41 Å². The number of aryl methyl sites for hydroxylation is 1. The van der Waals surface area contributed by atoms with Crippen LogP contribution in [-0.4, -0.2) is 42.8 Å². The second-order valence-electron chi connectivity index (χ2n) is 7.08. The van der Waals surface area contributed by atoms with Crippen LogP contribution in [0.2, 0.25) is 0 Å². The molecule has 27 heavy (non-hydrogen) atoms. The van der Waals surface area contributed by atoms with Crippen LogP contribution in [0.5, 0.6) is 5.75 Å². The average Bonchev–Trinajstić information content (AvgIpc) is 3.14. The third kappa shape index (κ3) is 5.94. The summed E-state index contributed by atoms with van der Waals surface area (Å²) in [5, 5.41) is 10.4. The second-order valence-corrected chi connectivity index (χ2v) is 7.08. The summed E-state index contributed by atoms with van der Waals surface area (Å²) in [7, 11) is 1.62. The van der Waals surface area contributed by atoms with Gasteiger partial charge in [-0.05, 0) is 55.6 Å². The molecule has 8 heteroatoms. The molecule has 1 amide bonds. The Kier molecular flexibility index (Phi) is 7.62. The van der Waals surface area contributed by atoms with Gasteiger partial charge in [0.25, 0.3) is 0 Å². The van der Waals surface area contributed by atoms with Crippen molar-refractivity contribution in [3.05, 3.63) is 30.2 Å². The number of hydrogen-bond donors (Lipinski definition) is 2. The first kappa shape index (κ1) is 21.2. The minimum atomic E-state index is 0. The number of ether oxygens (including phenoxy) is 1. The Morgan fingerprint density at radius 1 is 1.30 bits per heavy atom. The molecule has 2 N–H and O–H groups in total. The van der Waals surface area contributed by atoms with Gasteiger partial charge in [0.1, 0.15) is 5.75 Å². The molecule has 1 aromatic carbocycles. The Morgan fingerprint density at radius 2 is 2.00 bits per heavy atom. The number of halogens is 1. The van der Waals surface area contributed by atoms with E-state index in [-0.39, 0.29) is 23.7 Å². The summed E-state index contributed by atoms with van der Waals surface area (Å²) in [5.41, 5.74) is 1.04. The molecule has 0 radical (unpaired) electrons. The summed E-state index contributed by atoms with van der Waals surface area (Å²) >= 11 is 0. The Labute approximate surface area is 165 Å². The van der Waals surface area contributed by atoms with E-state index in [1.807, 2.05) is 24.3 Å². The smallest absolute Gasteiger partial charge is 0.227 e. The Bertz CT molecular complexity index is 727. The molecule has 1 fully saturated rings. The summed E-state index contributed by atoms with van der Waals surface area (Å²) in [4.78, 5) is 16.5. The van der Waals surface area contributed by atoms with Gasteiger partial charge in [0.15, 0.2) is 0 Å². The number of carbonyl (C=O) groups is 1. The quantitative estimate of drug-likeness (QED) is 0.750. The molecule has 0 spiro atoms. The zero-order valence-electron chi connectivity index (χ0n) is 15.8. The van der Waals surface area contributed by atoms with Gasteiger partial charge in [-0.3, -0.25) is 4.79 Å². The first-order chi connectivity index (χ1) is 12.6. The molecule has 0 aliphatic carbocycles. The molecule has 1 aliphatic heterocycles. The van der Waals surface area contributed by atoms with Crippen LogP contribution in [0.1, 0.15) is 32.1 Å². The predicted octanol–water partition coefficient (Wildman–Crippen LogP) is 2.61. The van der Waals surface area contributed by atoms with Gasteiger partial charge in [0.2, 0.25) is 17.6 Å². The summed E-state index contributed by atoms with van der Waals surface area (Å²) in [6.45, 7) is 4.98. The van der Waals surface area contributed by atoms with E-state index < -0.39 is 0 Å². The van der Waals surface area contributed by atoms with Crippen LogP contribution in [0.25, 0.3) is 11.4 Å². The highest BCUT2D eigenvalue weighted by atomic mass is 35.5. The molecule has 2 heterocycles. The fraction of sp³-hybridized carbons (Fsp3) is 0.526. The zero-order valence-corrected chi connectivity index (χ0v) is 16.6. The molecular weight excluding hydrogens is 368 g/mol. The molecule has 0 atom stereocenters. The number of methoxy groups -OCH3 is 1. The number of carbonyl (C=O) groups excluding carboxylic acids is 1. The first-order valence-electron chi connectivity index (χ1n) is 9.02. The van der Waals surface area contributed by atoms with Gasteiger partial charge in [0.05, 0.1) is 7.11 Å². The third-order valence-electron chi connectivity index (χ3n) is 4.91. The fourth-order valence-electron chi connectivity index (χ4n) is 3.04. The molecule has 3 rings (SSSR count). The number of aromatic nitrogens is 2. The lowest BCUT2D eigenvalue weighted by molar-refractivity contribution is -0.121. The van der Waals surface area contributed by atoms with E-state index in [9.17, 15) is 4.79 Å². The maximum atomic E-state index is 12.1. The van der Waals surface area contributed by atoms with Crippen molar-refractivity contribution in [2.75, 3.05) is 26.7 Å². The minimum Gasteiger partial charge on any atom is -0.497 e. The van der Waals surface area contributed by atoms with Crippen LogP contribution in [-0.2, 0) is 11.2 Å². The molecule has 0 bridgehead atoms. The molecule has 2 aromatic rings. The summed E-state index contributed by atoms with van der Waals surface area (Å²) in [6.07, 6.45) is 2.95. The van der Waals surface area contributed by atoms with Gasteiger partial charge in [-0.2, -0.15) is 4.98 Å². The van der Waals surface area contributed by atoms with Gasteiger partial charge < -0.3 is 19.9 Å². The van der Waals surface area contributed by atoms with Crippen molar-refractivity contribution in [3.63, 3.8) is 0 Å². The topological polar surface area (TPSA) is 89.3 Å². The predicted molar refractivity (Wildman–Crippen MR) is 105 cm³/mol. The van der Waals surface area contributed by atoms with Crippen molar-refractivity contribution in [1.82, 2.24) is 20.8 Å². The van der Waals surface area contributed by atoms with Gasteiger partial charge >= 0.3 is 0 Å². The number of nitrogens with one attached hydrogen (secondary N) is 2. The Balaban J connectivity index is 0.00000261. The standard InChI is InChI=1S/C19H26N4O3.ClH/c1-19(9-11-20-12-10-19)13-21-16(24)7-8-17-22-18(23-26-17)14-3-5-15(25-2)6-4-14;/h3-6,20H,7-13H2,1-2H3,(H,21,24);1H. The van der Waals surface area contributed by atoms with E-state index in [1.165, 1.54) is 0 Å². The van der Waals surface area contributed by atoms with E-state index >= 15 is 0 Å². The average molecular weight is 395 g/mol. The fourth-order valence-corrected chi connectivity index (χ4v) is 3.04. The molecule has 1 aromatic heterocycles. The van der Waals surface area contributed by atoms with Crippen molar-refractivity contribution in [2.45, 2.75) is 32.6 Å². The molecule has 0 unspecified atom stereocenters. The number of nitrogens with zero attached hydrogens (tertiary/aromatic N) is 2. The number of rotatable bonds is 7. The van der Waals surface area contributed by atoms with Crippen LogP contribution < -0.4 is 15.4 Å². The first-order valence-corrected chi connectivity index (χ1v) is 9.02. The van der Waals surface area contributed by atoms with Gasteiger partial charge in [0, 0.05) is 24.9 Å². The van der Waals surface area contributed by atoms with Crippen LogP contribution in [0.3, 0.4) is 0 Å². The van der Waals surface area contributed by atoms with E-state index in [1.54, 1.807) is 7.11 Å². The van der Waals surface area contributed by atoms with E-state index in [4.69, 9.17) is 9.26 Å². The van der Waals surface area contributed by atoms with Crippen LogP contribution in [0.4, 0.5) is 0 Å². The van der Waals surface area contributed by atoms with Crippen LogP contribution >= 0.6 is 12.4 Å². The number of piperidine rings is 1. The number of benzene rings is 1. The summed E-state index contributed by atoms with van der Waals surface area (Å²) < 4.78 is 10.4. The van der Waals surface area contributed by atoms with Crippen molar-refractivity contribution in [1.29, 1.82) is 0 Å². The van der Waals surface area contributed by atoms with Crippen LogP contribution in [0.15, 0.2) is 28.8 Å². The highest BCUT2D eigenvalue weighted by molar-refractivity contribution is 5.85. The van der Waals surface area contributed by atoms with Crippen molar-refractivity contribution >= 4 is 18.3 Å². The number of hydrogen-bond acceptors (Lipinski definition) is 6. The Morgan fingerprint density at radius 3 is 2.67 bits per heavy atom. The Hall–Kier alpha value is -2.12. The largest absolute Gasteiger partial charge is 0.497 e. The lowest BCUT2D eigenvalue weighted by Crippen LogP contribution is -2.42. The van der Waals surface area contributed by atoms with E-state index in [2.05, 4.69) is 27.7 Å². The normalized spacial score (nSPS) is 15.6. The summed E-state index contributed by atoms with van der Waals surface area (Å²) in [6, 6.07) is 7.44. The van der Waals surface area contributed by atoms with Gasteiger partial charge in [-0.1, -0.05) is 12.1 Å². The van der Waals surface area contributed by atoms with Gasteiger partial charge in [-0.15, -0.1) is 12.4 Å². The molecule has 1 saturated heterocycles. The maximum absolute atomic E-state index is 12.1. The van der Waals surface area contributed by atoms with Gasteiger partial charge in [-0.25, -0.2) is 0 Å². The molecule has 148 valence electrons. The van der Waals surface area contributed by atoms with Crippen molar-refractivity contribution in [3.8, 4) is 17.1 Å². The van der Waals surface area contributed by atoms with Crippen molar-refractivity contribution < 1.29 is 14.1 Å². The maximum Gasteiger partial charge on any atom is 0.227 e. The third-order valence-corrected chi connectivity index (χ3v) is 4.91. The highest BCUT2D eigenvalue weighted by Crippen LogP contribution is 2.26. The second kappa shape index (κ2) is 9.71. The highest BCUT2D eigenvalue weighted by Gasteiger charge is 2.26. The molecule has 1 aliphatic rings. The van der Waals surface area contributed by atoms with E-state index in [0.717, 1.165) is 37.2 Å². The molecule has 0 saturated carbocycles. The van der Waals surface area contributed by atoms with E-state index in [0.29, 0.717) is 31.1 Å². The minimum absolute atomic E-state index is 0. The number of amides is 1. The summed E-state index contributed by atoms with van der Waals surface area (Å²) in [5.74, 6) is 1.79. The molecule has 7 nitrogen and oxygen atoms in total.